The number of carboxylic acid groups (broad SMARTS) is 1. The molecular formula is C20H36O4. The summed E-state index contributed by atoms with van der Waals surface area (Å²) in [5.41, 5.74) is 0. The molecule has 0 spiro atoms. The zero-order valence-corrected chi connectivity index (χ0v) is 15.6. The average Bonchev–Trinajstić information content (AvgIpc) is 2.53. The molecule has 0 radical (unpaired) electrons. The Balaban J connectivity index is 3.42. The first-order chi connectivity index (χ1) is 11.6. The van der Waals surface area contributed by atoms with Gasteiger partial charge in [0.25, 0.3) is 0 Å². The smallest absolute Gasteiger partial charge is 0.345 e. The maximum Gasteiger partial charge on any atom is 0.345 e. The molecule has 0 aliphatic rings. The fourth-order valence-electron chi connectivity index (χ4n) is 2.66. The number of rotatable bonds is 16. The van der Waals surface area contributed by atoms with Gasteiger partial charge in [0.2, 0.25) is 0 Å². The molecule has 0 unspecified atom stereocenters. The second-order valence-electron chi connectivity index (χ2n) is 6.46. The van der Waals surface area contributed by atoms with Crippen LogP contribution in [0.15, 0.2) is 12.2 Å². The molecule has 0 aromatic carbocycles. The fourth-order valence-corrected chi connectivity index (χ4v) is 2.66. The van der Waals surface area contributed by atoms with E-state index < -0.39 is 18.0 Å². The van der Waals surface area contributed by atoms with Crippen molar-refractivity contribution in [2.24, 2.45) is 0 Å². The van der Waals surface area contributed by atoms with Crippen molar-refractivity contribution in [3.8, 4) is 0 Å². The number of esters is 1. The molecule has 1 atom stereocenters. The van der Waals surface area contributed by atoms with Crippen LogP contribution >= 0.6 is 0 Å². The van der Waals surface area contributed by atoms with Gasteiger partial charge in [-0.05, 0) is 38.5 Å². The SMILES string of the molecule is CCCCCCCC/C=C/CCCCCC[C@H](OC(C)=O)C(=O)O. The van der Waals surface area contributed by atoms with Gasteiger partial charge in [-0.25, -0.2) is 4.79 Å². The number of allylic oxidation sites excluding steroid dienone is 2. The minimum atomic E-state index is -1.05. The van der Waals surface area contributed by atoms with Gasteiger partial charge in [0, 0.05) is 6.92 Å². The van der Waals surface area contributed by atoms with Crippen LogP contribution in [0, 0.1) is 0 Å². The van der Waals surface area contributed by atoms with Crippen molar-refractivity contribution >= 4 is 11.9 Å². The number of ether oxygens (including phenoxy) is 1. The van der Waals surface area contributed by atoms with E-state index >= 15 is 0 Å². The lowest BCUT2D eigenvalue weighted by atomic mass is 10.1. The maximum absolute atomic E-state index is 10.9. The van der Waals surface area contributed by atoms with E-state index in [2.05, 4.69) is 19.1 Å². The number of hydrogen-bond donors (Lipinski definition) is 1. The van der Waals surface area contributed by atoms with Crippen molar-refractivity contribution in [2.75, 3.05) is 0 Å². The van der Waals surface area contributed by atoms with Gasteiger partial charge in [0.15, 0.2) is 6.10 Å². The summed E-state index contributed by atoms with van der Waals surface area (Å²) >= 11 is 0. The van der Waals surface area contributed by atoms with E-state index in [-0.39, 0.29) is 0 Å². The van der Waals surface area contributed by atoms with E-state index in [1.807, 2.05) is 0 Å². The number of unbranched alkanes of at least 4 members (excludes halogenated alkanes) is 10. The lowest BCUT2D eigenvalue weighted by Crippen LogP contribution is -2.25. The van der Waals surface area contributed by atoms with E-state index in [1.54, 1.807) is 0 Å². The average molecular weight is 341 g/mol. The lowest BCUT2D eigenvalue weighted by Gasteiger charge is -2.11. The van der Waals surface area contributed by atoms with Gasteiger partial charge in [-0.1, -0.05) is 64.0 Å². The molecule has 0 rings (SSSR count). The number of hydrogen-bond acceptors (Lipinski definition) is 3. The predicted octanol–water partition coefficient (Wildman–Crippen LogP) is 5.65. The Kier molecular flexibility index (Phi) is 15.6. The number of carboxylic acids is 1. The number of aliphatic carboxylic acids is 1. The Morgan fingerprint density at radius 1 is 0.875 bits per heavy atom. The Morgan fingerprint density at radius 3 is 1.88 bits per heavy atom. The Labute approximate surface area is 147 Å². The number of carbonyl (C=O) groups is 2. The summed E-state index contributed by atoms with van der Waals surface area (Å²) in [5.74, 6) is -1.58. The van der Waals surface area contributed by atoms with Crippen LogP contribution in [0.3, 0.4) is 0 Å². The molecule has 140 valence electrons. The Morgan fingerprint density at radius 2 is 1.38 bits per heavy atom. The molecule has 0 amide bonds. The van der Waals surface area contributed by atoms with E-state index in [0.29, 0.717) is 6.42 Å². The molecule has 0 aromatic rings. The third-order valence-corrected chi connectivity index (χ3v) is 4.06. The van der Waals surface area contributed by atoms with Crippen LogP contribution in [0.2, 0.25) is 0 Å². The summed E-state index contributed by atoms with van der Waals surface area (Å²) in [5, 5.41) is 8.94. The van der Waals surface area contributed by atoms with Gasteiger partial charge in [-0.15, -0.1) is 0 Å². The van der Waals surface area contributed by atoms with Crippen LogP contribution < -0.4 is 0 Å². The molecule has 1 N–H and O–H groups in total. The van der Waals surface area contributed by atoms with Crippen LogP contribution in [0.1, 0.15) is 97.3 Å². The van der Waals surface area contributed by atoms with E-state index in [1.165, 1.54) is 51.9 Å². The van der Waals surface area contributed by atoms with Gasteiger partial charge in [-0.2, -0.15) is 0 Å². The largest absolute Gasteiger partial charge is 0.479 e. The zero-order chi connectivity index (χ0) is 18.0. The van der Waals surface area contributed by atoms with Gasteiger partial charge in [-0.3, -0.25) is 4.79 Å². The highest BCUT2D eigenvalue weighted by molar-refractivity contribution is 5.76. The van der Waals surface area contributed by atoms with Crippen molar-refractivity contribution in [1.82, 2.24) is 0 Å². The quantitative estimate of drug-likeness (QED) is 0.224. The summed E-state index contributed by atoms with van der Waals surface area (Å²) < 4.78 is 4.78. The second-order valence-corrected chi connectivity index (χ2v) is 6.46. The van der Waals surface area contributed by atoms with E-state index in [0.717, 1.165) is 32.1 Å². The van der Waals surface area contributed by atoms with E-state index in [9.17, 15) is 9.59 Å². The van der Waals surface area contributed by atoms with Crippen molar-refractivity contribution in [3.05, 3.63) is 12.2 Å². The lowest BCUT2D eigenvalue weighted by molar-refractivity contribution is -0.163. The van der Waals surface area contributed by atoms with Crippen LogP contribution in [0.5, 0.6) is 0 Å². The summed E-state index contributed by atoms with van der Waals surface area (Å²) in [6, 6.07) is 0. The summed E-state index contributed by atoms with van der Waals surface area (Å²) in [4.78, 5) is 21.7. The first-order valence-electron chi connectivity index (χ1n) is 9.63. The molecule has 4 heteroatoms. The predicted molar refractivity (Wildman–Crippen MR) is 98.0 cm³/mol. The molecule has 0 saturated heterocycles. The highest BCUT2D eigenvalue weighted by Crippen LogP contribution is 2.11. The third-order valence-electron chi connectivity index (χ3n) is 4.06. The van der Waals surface area contributed by atoms with Crippen LogP contribution in [0.25, 0.3) is 0 Å². The molecule has 0 aliphatic heterocycles. The fraction of sp³-hybridized carbons (Fsp3) is 0.800. The number of carbonyl (C=O) groups excluding carboxylic acids is 1. The zero-order valence-electron chi connectivity index (χ0n) is 15.6. The molecule has 0 aliphatic carbocycles. The van der Waals surface area contributed by atoms with Crippen LogP contribution in [0.4, 0.5) is 0 Å². The Bertz CT molecular complexity index is 350. The van der Waals surface area contributed by atoms with Crippen molar-refractivity contribution in [3.63, 3.8) is 0 Å². The third kappa shape index (κ3) is 15.6. The van der Waals surface area contributed by atoms with Crippen LogP contribution in [-0.4, -0.2) is 23.1 Å². The van der Waals surface area contributed by atoms with E-state index in [4.69, 9.17) is 9.84 Å². The highest BCUT2D eigenvalue weighted by Gasteiger charge is 2.19. The monoisotopic (exact) mass is 340 g/mol. The normalized spacial score (nSPS) is 12.4. The van der Waals surface area contributed by atoms with Gasteiger partial charge < -0.3 is 9.84 Å². The minimum absolute atomic E-state index is 0.406. The summed E-state index contributed by atoms with van der Waals surface area (Å²) in [6.07, 6.45) is 18.3. The summed E-state index contributed by atoms with van der Waals surface area (Å²) in [7, 11) is 0. The molecule has 0 saturated carbocycles. The summed E-state index contributed by atoms with van der Waals surface area (Å²) in [6.45, 7) is 3.49. The molecule has 4 nitrogen and oxygen atoms in total. The van der Waals surface area contributed by atoms with Crippen molar-refractivity contribution in [2.45, 2.75) is 103 Å². The highest BCUT2D eigenvalue weighted by atomic mass is 16.6. The van der Waals surface area contributed by atoms with Crippen molar-refractivity contribution < 1.29 is 19.4 Å². The van der Waals surface area contributed by atoms with Crippen LogP contribution in [-0.2, 0) is 14.3 Å². The first kappa shape index (κ1) is 22.7. The van der Waals surface area contributed by atoms with Crippen molar-refractivity contribution in [1.29, 1.82) is 0 Å². The standard InChI is InChI=1S/C20H36O4/c1-3-4-5-6-7-8-9-10-11-12-13-14-15-16-17-19(20(22)23)24-18(2)21/h10-11,19H,3-9,12-17H2,1-2H3,(H,22,23)/b11-10+/t19-/m0/s1. The van der Waals surface area contributed by atoms with Gasteiger partial charge >= 0.3 is 11.9 Å². The second kappa shape index (κ2) is 16.5. The minimum Gasteiger partial charge on any atom is -0.479 e. The van der Waals surface area contributed by atoms with Gasteiger partial charge in [0.1, 0.15) is 0 Å². The molecule has 0 aromatic heterocycles. The Hall–Kier alpha value is -1.32. The topological polar surface area (TPSA) is 63.6 Å². The molecule has 0 bridgehead atoms. The molecule has 0 heterocycles. The molecule has 24 heavy (non-hydrogen) atoms. The molecule has 0 fully saturated rings. The maximum atomic E-state index is 10.9. The van der Waals surface area contributed by atoms with Gasteiger partial charge in [0.05, 0.1) is 0 Å². The molecular weight excluding hydrogens is 304 g/mol. The first-order valence-corrected chi connectivity index (χ1v) is 9.63.